The Bertz CT molecular complexity index is 549. The first-order chi connectivity index (χ1) is 9.15. The van der Waals surface area contributed by atoms with Crippen LogP contribution in [0.3, 0.4) is 0 Å². The third-order valence-corrected chi connectivity index (χ3v) is 5.26. The molecule has 0 bridgehead atoms. The van der Waals surface area contributed by atoms with Crippen LogP contribution in [-0.2, 0) is 0 Å². The van der Waals surface area contributed by atoms with Crippen LogP contribution in [0, 0.1) is 19.8 Å². The van der Waals surface area contributed by atoms with E-state index in [4.69, 9.17) is 0 Å². The third-order valence-electron chi connectivity index (χ3n) is 3.67. The molecular formula is C16H18BrNS. The molecule has 100 valence electrons. The van der Waals surface area contributed by atoms with Crippen LogP contribution in [-0.4, -0.2) is 0 Å². The number of hydrogen-bond donors (Lipinski definition) is 1. The topological polar surface area (TPSA) is 12.0 Å². The Morgan fingerprint density at radius 2 is 2.11 bits per heavy atom. The normalized spacial score (nSPS) is 16.4. The summed E-state index contributed by atoms with van der Waals surface area (Å²) in [6, 6.07) is 9.29. The standard InChI is InChI=1S/C16H18BrNS/c1-10-8-11(2)15(13(17)9-10)18-16(12-5-6-12)14-4-3-7-19-14/h3-4,7-9,12,16,18H,5-6H2,1-2H3. The van der Waals surface area contributed by atoms with E-state index in [0.717, 1.165) is 5.92 Å². The first-order valence-corrected chi connectivity index (χ1v) is 8.39. The van der Waals surface area contributed by atoms with E-state index in [2.05, 4.69) is 64.7 Å². The zero-order chi connectivity index (χ0) is 13.4. The van der Waals surface area contributed by atoms with Gasteiger partial charge in [0, 0.05) is 9.35 Å². The molecule has 0 amide bonds. The fourth-order valence-electron chi connectivity index (χ4n) is 2.57. The Morgan fingerprint density at radius 1 is 1.32 bits per heavy atom. The zero-order valence-corrected chi connectivity index (χ0v) is 13.6. The minimum atomic E-state index is 0.470. The molecule has 1 aliphatic carbocycles. The Balaban J connectivity index is 1.91. The molecule has 1 atom stereocenters. The van der Waals surface area contributed by atoms with Crippen LogP contribution in [0.15, 0.2) is 34.1 Å². The number of rotatable bonds is 4. The van der Waals surface area contributed by atoms with Crippen molar-refractivity contribution in [2.45, 2.75) is 32.7 Å². The maximum absolute atomic E-state index is 3.77. The monoisotopic (exact) mass is 335 g/mol. The Morgan fingerprint density at radius 3 is 2.68 bits per heavy atom. The summed E-state index contributed by atoms with van der Waals surface area (Å²) in [5.74, 6) is 0.797. The molecule has 0 radical (unpaired) electrons. The molecular weight excluding hydrogens is 318 g/mol. The van der Waals surface area contributed by atoms with Crippen LogP contribution in [0.1, 0.15) is 34.9 Å². The van der Waals surface area contributed by atoms with Gasteiger partial charge in [-0.25, -0.2) is 0 Å². The molecule has 1 heterocycles. The van der Waals surface area contributed by atoms with Crippen molar-refractivity contribution in [1.82, 2.24) is 0 Å². The number of benzene rings is 1. The Hall–Kier alpha value is -0.800. The number of anilines is 1. The first-order valence-electron chi connectivity index (χ1n) is 6.72. The molecule has 2 aromatic rings. The van der Waals surface area contributed by atoms with Gasteiger partial charge in [0.15, 0.2) is 0 Å². The average molecular weight is 336 g/mol. The minimum absolute atomic E-state index is 0.470. The van der Waals surface area contributed by atoms with Gasteiger partial charge in [0.1, 0.15) is 0 Å². The second-order valence-electron chi connectivity index (χ2n) is 5.41. The van der Waals surface area contributed by atoms with Gasteiger partial charge in [-0.15, -0.1) is 11.3 Å². The maximum atomic E-state index is 3.77. The molecule has 19 heavy (non-hydrogen) atoms. The highest BCUT2D eigenvalue weighted by Gasteiger charge is 2.33. The van der Waals surface area contributed by atoms with Crippen molar-refractivity contribution in [3.8, 4) is 0 Å². The second kappa shape index (κ2) is 5.29. The summed E-state index contributed by atoms with van der Waals surface area (Å²) in [6.45, 7) is 4.32. The average Bonchev–Trinajstić information content (AvgIpc) is 3.03. The summed E-state index contributed by atoms with van der Waals surface area (Å²) < 4.78 is 1.17. The first kappa shape index (κ1) is 13.2. The number of hydrogen-bond acceptors (Lipinski definition) is 2. The fourth-order valence-corrected chi connectivity index (χ4v) is 4.23. The number of aryl methyl sites for hydroxylation is 2. The Labute approximate surface area is 127 Å². The zero-order valence-electron chi connectivity index (χ0n) is 11.2. The van der Waals surface area contributed by atoms with Gasteiger partial charge in [0.25, 0.3) is 0 Å². The molecule has 1 saturated carbocycles. The maximum Gasteiger partial charge on any atom is 0.0635 e. The van der Waals surface area contributed by atoms with Gasteiger partial charge in [-0.1, -0.05) is 12.1 Å². The molecule has 1 nitrogen and oxygen atoms in total. The largest absolute Gasteiger partial charge is 0.376 e. The van der Waals surface area contributed by atoms with Crippen LogP contribution in [0.5, 0.6) is 0 Å². The quantitative estimate of drug-likeness (QED) is 0.756. The predicted molar refractivity (Wildman–Crippen MR) is 87.0 cm³/mol. The van der Waals surface area contributed by atoms with E-state index in [1.807, 2.05) is 11.3 Å². The summed E-state index contributed by atoms with van der Waals surface area (Å²) in [7, 11) is 0. The highest BCUT2D eigenvalue weighted by Crippen LogP contribution is 2.45. The molecule has 1 aromatic carbocycles. The van der Waals surface area contributed by atoms with E-state index in [1.54, 1.807) is 0 Å². The van der Waals surface area contributed by atoms with Crippen LogP contribution in [0.4, 0.5) is 5.69 Å². The van der Waals surface area contributed by atoms with Gasteiger partial charge in [-0.3, -0.25) is 0 Å². The van der Waals surface area contributed by atoms with Crippen molar-refractivity contribution >= 4 is 33.0 Å². The molecule has 3 heteroatoms. The molecule has 1 aliphatic rings. The predicted octanol–water partition coefficient (Wildman–Crippen LogP) is 5.69. The number of halogens is 1. The number of thiophene rings is 1. The van der Waals surface area contributed by atoms with Gasteiger partial charge < -0.3 is 5.32 Å². The summed E-state index contributed by atoms with van der Waals surface area (Å²) in [5.41, 5.74) is 3.86. The molecule has 0 aliphatic heterocycles. The lowest BCUT2D eigenvalue weighted by Crippen LogP contribution is -2.13. The van der Waals surface area contributed by atoms with E-state index in [0.29, 0.717) is 6.04 Å². The van der Waals surface area contributed by atoms with Crippen molar-refractivity contribution in [3.05, 3.63) is 50.1 Å². The lowest BCUT2D eigenvalue weighted by Gasteiger charge is -2.21. The Kier molecular flexibility index (Phi) is 3.68. The third kappa shape index (κ3) is 2.87. The van der Waals surface area contributed by atoms with Gasteiger partial charge in [0.2, 0.25) is 0 Å². The second-order valence-corrected chi connectivity index (χ2v) is 7.25. The van der Waals surface area contributed by atoms with Crippen LogP contribution >= 0.6 is 27.3 Å². The molecule has 1 N–H and O–H groups in total. The lowest BCUT2D eigenvalue weighted by atomic mass is 10.1. The van der Waals surface area contributed by atoms with E-state index in [-0.39, 0.29) is 0 Å². The van der Waals surface area contributed by atoms with Crippen molar-refractivity contribution in [3.63, 3.8) is 0 Å². The van der Waals surface area contributed by atoms with E-state index in [1.165, 1.54) is 39.0 Å². The van der Waals surface area contributed by atoms with Crippen LogP contribution < -0.4 is 5.32 Å². The van der Waals surface area contributed by atoms with E-state index in [9.17, 15) is 0 Å². The van der Waals surface area contributed by atoms with Gasteiger partial charge in [-0.2, -0.15) is 0 Å². The SMILES string of the molecule is Cc1cc(C)c(NC(c2cccs2)C2CC2)c(Br)c1. The molecule has 3 rings (SSSR count). The summed E-state index contributed by atoms with van der Waals surface area (Å²) >= 11 is 5.56. The molecule has 1 aromatic heterocycles. The highest BCUT2D eigenvalue weighted by molar-refractivity contribution is 9.10. The molecule has 1 fully saturated rings. The van der Waals surface area contributed by atoms with Crippen LogP contribution in [0.25, 0.3) is 0 Å². The van der Waals surface area contributed by atoms with Crippen molar-refractivity contribution in [1.29, 1.82) is 0 Å². The molecule has 1 unspecified atom stereocenters. The van der Waals surface area contributed by atoms with Gasteiger partial charge in [-0.05, 0) is 77.2 Å². The fraction of sp³-hybridized carbons (Fsp3) is 0.375. The highest BCUT2D eigenvalue weighted by atomic mass is 79.9. The van der Waals surface area contributed by atoms with Gasteiger partial charge >= 0.3 is 0 Å². The van der Waals surface area contributed by atoms with Crippen LogP contribution in [0.2, 0.25) is 0 Å². The summed E-state index contributed by atoms with van der Waals surface area (Å²) in [4.78, 5) is 1.45. The molecule has 0 spiro atoms. The smallest absolute Gasteiger partial charge is 0.0635 e. The van der Waals surface area contributed by atoms with Crippen molar-refractivity contribution in [2.24, 2.45) is 5.92 Å². The van der Waals surface area contributed by atoms with E-state index < -0.39 is 0 Å². The lowest BCUT2D eigenvalue weighted by molar-refractivity contribution is 0.690. The number of nitrogens with one attached hydrogen (secondary N) is 1. The minimum Gasteiger partial charge on any atom is -0.376 e. The summed E-state index contributed by atoms with van der Waals surface area (Å²) in [6.07, 6.45) is 2.69. The molecule has 0 saturated heterocycles. The van der Waals surface area contributed by atoms with Crippen molar-refractivity contribution < 1.29 is 0 Å². The van der Waals surface area contributed by atoms with Crippen molar-refractivity contribution in [2.75, 3.05) is 5.32 Å². The van der Waals surface area contributed by atoms with E-state index >= 15 is 0 Å². The van der Waals surface area contributed by atoms with Gasteiger partial charge in [0.05, 0.1) is 11.7 Å². The summed E-state index contributed by atoms with van der Waals surface area (Å²) in [5, 5.41) is 5.94.